The van der Waals surface area contributed by atoms with Crippen molar-refractivity contribution in [1.29, 1.82) is 5.26 Å². The lowest BCUT2D eigenvalue weighted by Crippen LogP contribution is -2.15. The monoisotopic (exact) mass is 139 g/mol. The maximum absolute atomic E-state index is 11.0. The maximum Gasteiger partial charge on any atom is 0.149 e. The number of carbonyl (C=O) groups excluding carboxylic acids is 1. The summed E-state index contributed by atoms with van der Waals surface area (Å²) in [5.41, 5.74) is 0. The molecule has 56 valence electrons. The fourth-order valence-electron chi connectivity index (χ4n) is 0.611. The number of nitrogens with zero attached hydrogens (tertiary/aromatic N) is 1. The van der Waals surface area contributed by atoms with Crippen molar-refractivity contribution in [2.24, 2.45) is 11.8 Å². The molecule has 2 heteroatoms. The SMILES string of the molecule is CC(C)C(C)C(=O)CC#N. The van der Waals surface area contributed by atoms with Gasteiger partial charge in [0.05, 0.1) is 12.5 Å². The lowest BCUT2D eigenvalue weighted by Gasteiger charge is -2.10. The van der Waals surface area contributed by atoms with Crippen LogP contribution in [-0.2, 0) is 4.79 Å². The smallest absolute Gasteiger partial charge is 0.149 e. The molecule has 0 aliphatic heterocycles. The average molecular weight is 139 g/mol. The van der Waals surface area contributed by atoms with Crippen LogP contribution in [0.15, 0.2) is 0 Å². The first-order valence-electron chi connectivity index (χ1n) is 3.49. The molecule has 0 radical (unpaired) electrons. The van der Waals surface area contributed by atoms with Crippen molar-refractivity contribution in [3.63, 3.8) is 0 Å². The maximum atomic E-state index is 11.0. The fourth-order valence-corrected chi connectivity index (χ4v) is 0.611. The van der Waals surface area contributed by atoms with E-state index in [1.54, 1.807) is 0 Å². The third-order valence-corrected chi connectivity index (χ3v) is 1.76. The van der Waals surface area contributed by atoms with Gasteiger partial charge in [0.25, 0.3) is 0 Å². The first-order chi connectivity index (χ1) is 4.59. The number of rotatable bonds is 3. The lowest BCUT2D eigenvalue weighted by atomic mass is 9.92. The van der Waals surface area contributed by atoms with E-state index in [0.29, 0.717) is 5.92 Å². The summed E-state index contributed by atoms with van der Waals surface area (Å²) >= 11 is 0. The normalized spacial score (nSPS) is 12.7. The summed E-state index contributed by atoms with van der Waals surface area (Å²) in [6.07, 6.45) is 0.0549. The molecule has 0 spiro atoms. The molecule has 0 saturated heterocycles. The van der Waals surface area contributed by atoms with Gasteiger partial charge in [0.15, 0.2) is 0 Å². The molecule has 1 atom stereocenters. The number of ketones is 1. The standard InChI is InChI=1S/C8H13NO/c1-6(2)7(3)8(10)4-5-9/h6-7H,4H2,1-3H3. The van der Waals surface area contributed by atoms with Gasteiger partial charge in [0.2, 0.25) is 0 Å². The molecule has 1 unspecified atom stereocenters. The molecular weight excluding hydrogens is 126 g/mol. The first kappa shape index (κ1) is 9.16. The predicted octanol–water partition coefficient (Wildman–Crippen LogP) is 1.76. The van der Waals surface area contributed by atoms with E-state index in [2.05, 4.69) is 0 Å². The molecule has 0 saturated carbocycles. The number of nitriles is 1. The molecule has 0 aliphatic rings. The van der Waals surface area contributed by atoms with Gasteiger partial charge in [-0.05, 0) is 5.92 Å². The van der Waals surface area contributed by atoms with E-state index in [4.69, 9.17) is 5.26 Å². The van der Waals surface area contributed by atoms with Crippen LogP contribution in [0.4, 0.5) is 0 Å². The van der Waals surface area contributed by atoms with Gasteiger partial charge in [-0.3, -0.25) is 4.79 Å². The minimum atomic E-state index is 0.0275. The van der Waals surface area contributed by atoms with Crippen LogP contribution in [0.5, 0.6) is 0 Å². The average Bonchev–Trinajstić information content (AvgIpc) is 1.87. The summed E-state index contributed by atoms with van der Waals surface area (Å²) in [6.45, 7) is 5.84. The van der Waals surface area contributed by atoms with E-state index in [0.717, 1.165) is 0 Å². The van der Waals surface area contributed by atoms with Crippen LogP contribution >= 0.6 is 0 Å². The molecule has 0 aromatic carbocycles. The molecule has 0 heterocycles. The number of hydrogen-bond donors (Lipinski definition) is 0. The van der Waals surface area contributed by atoms with E-state index >= 15 is 0 Å². The Bertz CT molecular complexity index is 155. The molecule has 2 nitrogen and oxygen atoms in total. The topological polar surface area (TPSA) is 40.9 Å². The van der Waals surface area contributed by atoms with E-state index in [9.17, 15) is 4.79 Å². The highest BCUT2D eigenvalue weighted by atomic mass is 16.1. The summed E-state index contributed by atoms with van der Waals surface area (Å²) in [5.74, 6) is 0.429. The molecule has 0 N–H and O–H groups in total. The Labute approximate surface area is 61.8 Å². The second-order valence-corrected chi connectivity index (χ2v) is 2.83. The summed E-state index contributed by atoms with van der Waals surface area (Å²) in [7, 11) is 0. The first-order valence-corrected chi connectivity index (χ1v) is 3.49. The van der Waals surface area contributed by atoms with Crippen LogP contribution in [-0.4, -0.2) is 5.78 Å². The Morgan fingerprint density at radius 2 is 2.00 bits per heavy atom. The zero-order chi connectivity index (χ0) is 8.15. The van der Waals surface area contributed by atoms with E-state index in [-0.39, 0.29) is 18.1 Å². The Hall–Kier alpha value is -0.840. The lowest BCUT2D eigenvalue weighted by molar-refractivity contribution is -0.122. The number of Topliss-reactive ketones (excluding diaryl/α,β-unsaturated/α-hetero) is 1. The van der Waals surface area contributed by atoms with Crippen LogP contribution in [0.25, 0.3) is 0 Å². The molecule has 10 heavy (non-hydrogen) atoms. The van der Waals surface area contributed by atoms with Gasteiger partial charge < -0.3 is 0 Å². The van der Waals surface area contributed by atoms with E-state index in [1.807, 2.05) is 26.8 Å². The Kier molecular flexibility index (Phi) is 3.71. The van der Waals surface area contributed by atoms with Crippen molar-refractivity contribution in [3.05, 3.63) is 0 Å². The van der Waals surface area contributed by atoms with Gasteiger partial charge in [-0.1, -0.05) is 20.8 Å². The van der Waals surface area contributed by atoms with Crippen molar-refractivity contribution in [3.8, 4) is 6.07 Å². The zero-order valence-electron chi connectivity index (χ0n) is 6.72. The van der Waals surface area contributed by atoms with Crippen molar-refractivity contribution >= 4 is 5.78 Å². The van der Waals surface area contributed by atoms with Gasteiger partial charge >= 0.3 is 0 Å². The quantitative estimate of drug-likeness (QED) is 0.597. The van der Waals surface area contributed by atoms with Crippen molar-refractivity contribution < 1.29 is 4.79 Å². The highest BCUT2D eigenvalue weighted by molar-refractivity contribution is 5.82. The highest BCUT2D eigenvalue weighted by Crippen LogP contribution is 2.11. The summed E-state index contributed by atoms with van der Waals surface area (Å²) in [4.78, 5) is 11.0. The van der Waals surface area contributed by atoms with Crippen molar-refractivity contribution in [1.82, 2.24) is 0 Å². The largest absolute Gasteiger partial charge is 0.298 e. The number of hydrogen-bond acceptors (Lipinski definition) is 2. The Balaban J connectivity index is 3.85. The van der Waals surface area contributed by atoms with Crippen molar-refractivity contribution in [2.45, 2.75) is 27.2 Å². The summed E-state index contributed by atoms with van der Waals surface area (Å²) in [5, 5.41) is 8.20. The van der Waals surface area contributed by atoms with Crippen LogP contribution in [0.1, 0.15) is 27.2 Å². The molecule has 0 aliphatic carbocycles. The fraction of sp³-hybridized carbons (Fsp3) is 0.750. The third kappa shape index (κ3) is 2.63. The molecule has 0 bridgehead atoms. The van der Waals surface area contributed by atoms with Crippen LogP contribution < -0.4 is 0 Å². The Morgan fingerprint density at radius 3 is 2.30 bits per heavy atom. The Morgan fingerprint density at radius 1 is 1.50 bits per heavy atom. The van der Waals surface area contributed by atoms with Gasteiger partial charge in [0, 0.05) is 5.92 Å². The summed E-state index contributed by atoms with van der Waals surface area (Å²) < 4.78 is 0. The van der Waals surface area contributed by atoms with Crippen LogP contribution in [0, 0.1) is 23.2 Å². The van der Waals surface area contributed by atoms with Crippen molar-refractivity contribution in [2.75, 3.05) is 0 Å². The molecule has 0 aromatic rings. The third-order valence-electron chi connectivity index (χ3n) is 1.76. The highest BCUT2D eigenvalue weighted by Gasteiger charge is 2.15. The minimum Gasteiger partial charge on any atom is -0.298 e. The van der Waals surface area contributed by atoms with Gasteiger partial charge in [-0.15, -0.1) is 0 Å². The zero-order valence-corrected chi connectivity index (χ0v) is 6.72. The van der Waals surface area contributed by atoms with Crippen LogP contribution in [0.3, 0.4) is 0 Å². The second kappa shape index (κ2) is 4.05. The number of carbonyl (C=O) groups is 1. The van der Waals surface area contributed by atoms with E-state index in [1.165, 1.54) is 0 Å². The summed E-state index contributed by atoms with van der Waals surface area (Å²) in [6, 6.07) is 1.85. The predicted molar refractivity (Wildman–Crippen MR) is 39.2 cm³/mol. The molecule has 0 aromatic heterocycles. The van der Waals surface area contributed by atoms with Gasteiger partial charge in [0.1, 0.15) is 5.78 Å². The minimum absolute atomic E-state index is 0.0275. The van der Waals surface area contributed by atoms with Crippen LogP contribution in [0.2, 0.25) is 0 Å². The van der Waals surface area contributed by atoms with E-state index < -0.39 is 0 Å². The molecule has 0 fully saturated rings. The molecular formula is C8H13NO. The molecule has 0 rings (SSSR count). The van der Waals surface area contributed by atoms with Gasteiger partial charge in [-0.25, -0.2) is 0 Å². The second-order valence-electron chi connectivity index (χ2n) is 2.83. The molecule has 0 amide bonds. The van der Waals surface area contributed by atoms with Gasteiger partial charge in [-0.2, -0.15) is 5.26 Å².